The molecular weight excluding hydrogens is 278 g/mol. The van der Waals surface area contributed by atoms with E-state index < -0.39 is 0 Å². The highest BCUT2D eigenvalue weighted by molar-refractivity contribution is 5.87. The number of rotatable bonds is 4. The fraction of sp³-hybridized carbons (Fsp3) is 0.176. The van der Waals surface area contributed by atoms with Crippen LogP contribution in [-0.4, -0.2) is 22.1 Å². The molecule has 0 aliphatic carbocycles. The van der Waals surface area contributed by atoms with E-state index in [4.69, 9.17) is 4.74 Å². The van der Waals surface area contributed by atoms with Crippen LogP contribution in [0.5, 0.6) is 0 Å². The molecule has 0 aliphatic rings. The highest BCUT2D eigenvalue weighted by atomic mass is 16.6. The Morgan fingerprint density at radius 1 is 1.18 bits per heavy atom. The Morgan fingerprint density at radius 2 is 1.95 bits per heavy atom. The molecule has 2 heterocycles. The Hall–Kier alpha value is -2.82. The fourth-order valence-electron chi connectivity index (χ4n) is 2.33. The standard InChI is InChI=1S/C17H17N3O2/c1-2-22-17(21)20(14-8-4-3-5-9-14)13-15-12-18-16-10-6-7-11-19(15)16/h3-12H,2,13H2,1H3. The number of anilines is 1. The molecule has 22 heavy (non-hydrogen) atoms. The average Bonchev–Trinajstić information content (AvgIpc) is 2.97. The monoisotopic (exact) mass is 295 g/mol. The van der Waals surface area contributed by atoms with Crippen molar-refractivity contribution in [3.8, 4) is 0 Å². The van der Waals surface area contributed by atoms with Gasteiger partial charge >= 0.3 is 6.09 Å². The van der Waals surface area contributed by atoms with Crippen LogP contribution in [0.2, 0.25) is 0 Å². The maximum Gasteiger partial charge on any atom is 0.414 e. The van der Waals surface area contributed by atoms with Gasteiger partial charge in [0, 0.05) is 11.9 Å². The zero-order valence-electron chi connectivity index (χ0n) is 12.3. The molecule has 0 radical (unpaired) electrons. The summed E-state index contributed by atoms with van der Waals surface area (Å²) in [5, 5.41) is 0. The minimum atomic E-state index is -0.361. The van der Waals surface area contributed by atoms with Gasteiger partial charge < -0.3 is 9.14 Å². The number of fused-ring (bicyclic) bond motifs is 1. The molecule has 0 fully saturated rings. The molecule has 1 amide bonds. The number of hydrogen-bond donors (Lipinski definition) is 0. The van der Waals surface area contributed by atoms with Gasteiger partial charge in [-0.15, -0.1) is 0 Å². The molecule has 5 heteroatoms. The van der Waals surface area contributed by atoms with Crippen LogP contribution in [0.4, 0.5) is 10.5 Å². The van der Waals surface area contributed by atoms with E-state index >= 15 is 0 Å². The lowest BCUT2D eigenvalue weighted by Crippen LogP contribution is -2.31. The minimum absolute atomic E-state index is 0.343. The van der Waals surface area contributed by atoms with Gasteiger partial charge in [-0.2, -0.15) is 0 Å². The summed E-state index contributed by atoms with van der Waals surface area (Å²) in [6.45, 7) is 2.54. The van der Waals surface area contributed by atoms with Gasteiger partial charge in [0.15, 0.2) is 0 Å². The Kier molecular flexibility index (Phi) is 4.05. The Morgan fingerprint density at radius 3 is 2.73 bits per heavy atom. The first kappa shape index (κ1) is 14.1. The van der Waals surface area contributed by atoms with E-state index in [1.165, 1.54) is 0 Å². The van der Waals surface area contributed by atoms with Gasteiger partial charge in [-0.25, -0.2) is 9.78 Å². The van der Waals surface area contributed by atoms with E-state index in [-0.39, 0.29) is 6.09 Å². The number of pyridine rings is 1. The number of imidazole rings is 1. The largest absolute Gasteiger partial charge is 0.449 e. The number of para-hydroxylation sites is 1. The summed E-state index contributed by atoms with van der Waals surface area (Å²) in [4.78, 5) is 18.2. The molecule has 3 aromatic rings. The molecule has 0 bridgehead atoms. The van der Waals surface area contributed by atoms with Gasteiger partial charge in [0.25, 0.3) is 0 Å². The van der Waals surface area contributed by atoms with Crippen LogP contribution in [-0.2, 0) is 11.3 Å². The Labute approximate surface area is 128 Å². The Bertz CT molecular complexity index is 768. The second-order valence-electron chi connectivity index (χ2n) is 4.80. The summed E-state index contributed by atoms with van der Waals surface area (Å²) in [6, 6.07) is 15.3. The Balaban J connectivity index is 1.94. The topological polar surface area (TPSA) is 46.8 Å². The third-order valence-corrected chi connectivity index (χ3v) is 3.37. The van der Waals surface area contributed by atoms with E-state index in [2.05, 4.69) is 4.98 Å². The molecule has 0 atom stereocenters. The number of ether oxygens (including phenoxy) is 1. The van der Waals surface area contributed by atoms with E-state index in [9.17, 15) is 4.79 Å². The summed E-state index contributed by atoms with van der Waals surface area (Å²) in [7, 11) is 0. The molecule has 0 aliphatic heterocycles. The van der Waals surface area contributed by atoms with Crippen LogP contribution >= 0.6 is 0 Å². The molecule has 5 nitrogen and oxygen atoms in total. The predicted octanol–water partition coefficient (Wildman–Crippen LogP) is 3.50. The first-order valence-corrected chi connectivity index (χ1v) is 7.20. The molecule has 0 unspecified atom stereocenters. The van der Waals surface area contributed by atoms with Gasteiger partial charge in [-0.3, -0.25) is 4.90 Å². The molecule has 112 valence electrons. The minimum Gasteiger partial charge on any atom is -0.449 e. The van der Waals surface area contributed by atoms with Crippen molar-refractivity contribution in [3.63, 3.8) is 0 Å². The third kappa shape index (κ3) is 2.79. The maximum absolute atomic E-state index is 12.3. The second-order valence-corrected chi connectivity index (χ2v) is 4.80. The number of carbonyl (C=O) groups excluding carboxylic acids is 1. The van der Waals surface area contributed by atoms with Crippen LogP contribution < -0.4 is 4.90 Å². The van der Waals surface area contributed by atoms with Crippen molar-refractivity contribution in [2.45, 2.75) is 13.5 Å². The first-order valence-electron chi connectivity index (χ1n) is 7.20. The van der Waals surface area contributed by atoms with Crippen molar-refractivity contribution in [1.82, 2.24) is 9.38 Å². The van der Waals surface area contributed by atoms with Gasteiger partial charge in [-0.1, -0.05) is 24.3 Å². The lowest BCUT2D eigenvalue weighted by Gasteiger charge is -2.21. The third-order valence-electron chi connectivity index (χ3n) is 3.37. The van der Waals surface area contributed by atoms with E-state index in [0.29, 0.717) is 13.2 Å². The van der Waals surface area contributed by atoms with Crippen LogP contribution in [0.25, 0.3) is 5.65 Å². The average molecular weight is 295 g/mol. The number of carbonyl (C=O) groups is 1. The van der Waals surface area contributed by atoms with E-state index in [0.717, 1.165) is 17.0 Å². The van der Waals surface area contributed by atoms with Gasteiger partial charge in [0.1, 0.15) is 5.65 Å². The quantitative estimate of drug-likeness (QED) is 0.740. The molecular formula is C17H17N3O2. The van der Waals surface area contributed by atoms with Crippen LogP contribution in [0, 0.1) is 0 Å². The fourth-order valence-corrected chi connectivity index (χ4v) is 2.33. The summed E-state index contributed by atoms with van der Waals surface area (Å²) in [5.74, 6) is 0. The SMILES string of the molecule is CCOC(=O)N(Cc1cnc2ccccn12)c1ccccc1. The predicted molar refractivity (Wildman–Crippen MR) is 84.8 cm³/mol. The number of aromatic nitrogens is 2. The lowest BCUT2D eigenvalue weighted by molar-refractivity contribution is 0.159. The number of amides is 1. The highest BCUT2D eigenvalue weighted by Crippen LogP contribution is 2.18. The van der Waals surface area contributed by atoms with Crippen molar-refractivity contribution in [2.24, 2.45) is 0 Å². The molecule has 0 spiro atoms. The zero-order chi connectivity index (χ0) is 15.4. The smallest absolute Gasteiger partial charge is 0.414 e. The molecule has 3 rings (SSSR count). The summed E-state index contributed by atoms with van der Waals surface area (Å²) in [6.07, 6.45) is 3.36. The number of hydrogen-bond acceptors (Lipinski definition) is 3. The second kappa shape index (κ2) is 6.30. The summed E-state index contributed by atoms with van der Waals surface area (Å²) >= 11 is 0. The normalized spacial score (nSPS) is 10.6. The van der Waals surface area contributed by atoms with Crippen LogP contribution in [0.3, 0.4) is 0 Å². The maximum atomic E-state index is 12.3. The van der Waals surface area contributed by atoms with Crippen molar-refractivity contribution in [1.29, 1.82) is 0 Å². The van der Waals surface area contributed by atoms with Gasteiger partial charge in [-0.05, 0) is 31.2 Å². The van der Waals surface area contributed by atoms with Crippen LogP contribution in [0.1, 0.15) is 12.6 Å². The van der Waals surface area contributed by atoms with Crippen molar-refractivity contribution >= 4 is 17.4 Å². The van der Waals surface area contributed by atoms with E-state index in [1.807, 2.05) is 59.1 Å². The van der Waals surface area contributed by atoms with Crippen molar-refractivity contribution < 1.29 is 9.53 Å². The molecule has 1 aromatic carbocycles. The summed E-state index contributed by atoms with van der Waals surface area (Å²) in [5.41, 5.74) is 2.58. The highest BCUT2D eigenvalue weighted by Gasteiger charge is 2.18. The zero-order valence-corrected chi connectivity index (χ0v) is 12.3. The van der Waals surface area contributed by atoms with Crippen molar-refractivity contribution in [2.75, 3.05) is 11.5 Å². The number of nitrogens with zero attached hydrogens (tertiary/aromatic N) is 3. The molecule has 2 aromatic heterocycles. The number of benzene rings is 1. The first-order chi connectivity index (χ1) is 10.8. The summed E-state index contributed by atoms with van der Waals surface area (Å²) < 4.78 is 7.14. The van der Waals surface area contributed by atoms with E-state index in [1.54, 1.807) is 18.0 Å². The molecule has 0 N–H and O–H groups in total. The van der Waals surface area contributed by atoms with Crippen molar-refractivity contribution in [3.05, 3.63) is 66.6 Å². The molecule has 0 saturated carbocycles. The van der Waals surface area contributed by atoms with Crippen LogP contribution in [0.15, 0.2) is 60.9 Å². The molecule has 0 saturated heterocycles. The van der Waals surface area contributed by atoms with Gasteiger partial charge in [0.05, 0.1) is 25.0 Å². The lowest BCUT2D eigenvalue weighted by atomic mass is 10.3. The van der Waals surface area contributed by atoms with Gasteiger partial charge in [0.2, 0.25) is 0 Å².